The summed E-state index contributed by atoms with van der Waals surface area (Å²) in [7, 11) is 3.39. The van der Waals surface area contributed by atoms with E-state index in [9.17, 15) is 14.4 Å². The number of aromatic nitrogens is 2. The van der Waals surface area contributed by atoms with Crippen LogP contribution in [0.3, 0.4) is 0 Å². The number of hydrogen-bond donors (Lipinski definition) is 1. The van der Waals surface area contributed by atoms with Crippen LogP contribution in [0.4, 0.5) is 4.79 Å². The molecule has 0 saturated carbocycles. The van der Waals surface area contributed by atoms with Gasteiger partial charge in [0.25, 0.3) is 5.91 Å². The van der Waals surface area contributed by atoms with Crippen LogP contribution in [0.2, 0.25) is 0 Å². The average molecular weight is 352 g/mol. The Morgan fingerprint density at radius 1 is 1.29 bits per heavy atom. The fourth-order valence-electron chi connectivity index (χ4n) is 3.27. The molecule has 1 spiro atoms. The summed E-state index contributed by atoms with van der Waals surface area (Å²) in [6.07, 6.45) is 0.309. The molecule has 3 heterocycles. The minimum atomic E-state index is -0.460. The van der Waals surface area contributed by atoms with Gasteiger partial charge in [0.15, 0.2) is 5.69 Å². The summed E-state index contributed by atoms with van der Waals surface area (Å²) in [6.45, 7) is 2.16. The zero-order chi connectivity index (χ0) is 17.3. The van der Waals surface area contributed by atoms with E-state index in [1.165, 1.54) is 4.90 Å². The second kappa shape index (κ2) is 6.34. The van der Waals surface area contributed by atoms with Crippen LogP contribution in [0, 0.1) is 5.41 Å². The largest absolute Gasteiger partial charge is 0.355 e. The van der Waals surface area contributed by atoms with Crippen molar-refractivity contribution in [1.82, 2.24) is 29.6 Å². The molecule has 3 rings (SSSR count). The predicted octanol–water partition coefficient (Wildman–Crippen LogP) is -0.516. The second-order valence-corrected chi connectivity index (χ2v) is 7.18. The van der Waals surface area contributed by atoms with E-state index in [2.05, 4.69) is 14.9 Å². The Hall–Kier alpha value is -2.23. The fraction of sp³-hybridized carbons (Fsp3) is 0.643. The molecule has 10 heteroatoms. The first-order valence-electron chi connectivity index (χ1n) is 7.69. The van der Waals surface area contributed by atoms with Gasteiger partial charge in [-0.1, -0.05) is 4.49 Å². The maximum absolute atomic E-state index is 12.7. The van der Waals surface area contributed by atoms with Crippen LogP contribution < -0.4 is 5.32 Å². The molecule has 0 bridgehead atoms. The minimum absolute atomic E-state index is 0.0446. The number of hydrogen-bond acceptors (Lipinski definition) is 6. The quantitative estimate of drug-likeness (QED) is 0.734. The van der Waals surface area contributed by atoms with E-state index in [0.29, 0.717) is 44.8 Å². The summed E-state index contributed by atoms with van der Waals surface area (Å²) in [5, 5.41) is 8.29. The van der Waals surface area contributed by atoms with Crippen molar-refractivity contribution in [3.05, 3.63) is 11.1 Å². The summed E-state index contributed by atoms with van der Waals surface area (Å²) in [5.41, 5.74) is -0.155. The summed E-state index contributed by atoms with van der Waals surface area (Å²) in [4.78, 5) is 41.8. The molecule has 9 nitrogen and oxygen atoms in total. The highest BCUT2D eigenvalue weighted by molar-refractivity contribution is 7.03. The number of rotatable bonds is 1. The molecule has 1 unspecified atom stereocenters. The number of nitrogens with zero attached hydrogens (tertiary/aromatic N) is 5. The van der Waals surface area contributed by atoms with Crippen molar-refractivity contribution in [2.45, 2.75) is 6.42 Å². The maximum Gasteiger partial charge on any atom is 0.319 e. The molecule has 0 radical (unpaired) electrons. The van der Waals surface area contributed by atoms with Crippen molar-refractivity contribution in [3.63, 3.8) is 0 Å². The zero-order valence-corrected chi connectivity index (χ0v) is 14.5. The van der Waals surface area contributed by atoms with Crippen LogP contribution >= 0.6 is 11.5 Å². The molecule has 2 fully saturated rings. The van der Waals surface area contributed by atoms with Gasteiger partial charge in [0, 0.05) is 64.0 Å². The standard InChI is InChI=1S/C14H20N6O3S/c1-18(2)13(23)20-4-3-19(12(22)10-6-24-17-16-10)8-14(9-20)5-11(21)15-7-14/h6H,3-5,7-9H2,1-2H3,(H,15,21). The molecule has 1 N–H and O–H groups in total. The van der Waals surface area contributed by atoms with Gasteiger partial charge in [-0.15, -0.1) is 5.10 Å². The Kier molecular flexibility index (Phi) is 4.39. The van der Waals surface area contributed by atoms with Gasteiger partial charge >= 0.3 is 6.03 Å². The van der Waals surface area contributed by atoms with Gasteiger partial charge < -0.3 is 20.0 Å². The molecule has 1 aromatic heterocycles. The van der Waals surface area contributed by atoms with Gasteiger partial charge in [-0.05, 0) is 11.5 Å². The number of urea groups is 1. The number of amides is 4. The SMILES string of the molecule is CN(C)C(=O)N1CCN(C(=O)c2csnn2)CC2(CNC(=O)C2)C1. The first-order valence-corrected chi connectivity index (χ1v) is 8.53. The van der Waals surface area contributed by atoms with Gasteiger partial charge in [-0.25, -0.2) is 4.79 Å². The van der Waals surface area contributed by atoms with Crippen LogP contribution in [0.15, 0.2) is 5.38 Å². The summed E-state index contributed by atoms with van der Waals surface area (Å²) in [5.74, 6) is -0.251. The van der Waals surface area contributed by atoms with Gasteiger partial charge in [-0.3, -0.25) is 9.59 Å². The van der Waals surface area contributed by atoms with Crippen LogP contribution in [-0.2, 0) is 4.79 Å². The molecule has 2 aliphatic rings. The third-order valence-electron chi connectivity index (χ3n) is 4.41. The third kappa shape index (κ3) is 3.18. The molecule has 2 aliphatic heterocycles. The van der Waals surface area contributed by atoms with E-state index in [4.69, 9.17) is 0 Å². The molecule has 1 atom stereocenters. The normalized spacial score (nSPS) is 24.0. The summed E-state index contributed by atoms with van der Waals surface area (Å²) in [6, 6.07) is -0.113. The van der Waals surface area contributed by atoms with E-state index in [0.717, 1.165) is 11.5 Å². The molecule has 130 valence electrons. The van der Waals surface area contributed by atoms with Crippen molar-refractivity contribution in [3.8, 4) is 0 Å². The van der Waals surface area contributed by atoms with Gasteiger partial charge in [0.05, 0.1) is 0 Å². The van der Waals surface area contributed by atoms with Gasteiger partial charge in [-0.2, -0.15) is 0 Å². The van der Waals surface area contributed by atoms with Crippen molar-refractivity contribution < 1.29 is 14.4 Å². The van der Waals surface area contributed by atoms with Gasteiger partial charge in [0.1, 0.15) is 0 Å². The molecule has 4 amide bonds. The van der Waals surface area contributed by atoms with Crippen LogP contribution in [0.25, 0.3) is 0 Å². The number of carbonyl (C=O) groups is 3. The van der Waals surface area contributed by atoms with Crippen LogP contribution in [0.1, 0.15) is 16.9 Å². The van der Waals surface area contributed by atoms with Crippen molar-refractivity contribution in [2.24, 2.45) is 5.41 Å². The minimum Gasteiger partial charge on any atom is -0.355 e. The Balaban J connectivity index is 1.85. The summed E-state index contributed by atoms with van der Waals surface area (Å²) >= 11 is 1.12. The highest BCUT2D eigenvalue weighted by atomic mass is 32.1. The molecular formula is C14H20N6O3S. The van der Waals surface area contributed by atoms with Crippen molar-refractivity contribution in [2.75, 3.05) is 46.8 Å². The highest BCUT2D eigenvalue weighted by Gasteiger charge is 2.45. The Morgan fingerprint density at radius 3 is 2.58 bits per heavy atom. The lowest BCUT2D eigenvalue weighted by Crippen LogP contribution is -2.47. The molecule has 1 aromatic rings. The van der Waals surface area contributed by atoms with E-state index in [1.54, 1.807) is 29.3 Å². The molecule has 24 heavy (non-hydrogen) atoms. The van der Waals surface area contributed by atoms with E-state index >= 15 is 0 Å². The lowest BCUT2D eigenvalue weighted by Gasteiger charge is -2.33. The second-order valence-electron chi connectivity index (χ2n) is 6.57. The summed E-state index contributed by atoms with van der Waals surface area (Å²) < 4.78 is 3.74. The van der Waals surface area contributed by atoms with Crippen LogP contribution in [0.5, 0.6) is 0 Å². The molecular weight excluding hydrogens is 332 g/mol. The zero-order valence-electron chi connectivity index (χ0n) is 13.7. The Labute approximate surface area is 143 Å². The molecule has 0 aromatic carbocycles. The average Bonchev–Trinajstić information content (AvgIpc) is 3.14. The van der Waals surface area contributed by atoms with E-state index < -0.39 is 5.41 Å². The first-order chi connectivity index (χ1) is 11.4. The number of carbonyl (C=O) groups excluding carboxylic acids is 3. The highest BCUT2D eigenvalue weighted by Crippen LogP contribution is 2.31. The predicted molar refractivity (Wildman–Crippen MR) is 86.5 cm³/mol. The Bertz CT molecular complexity index is 649. The van der Waals surface area contributed by atoms with Crippen LogP contribution in [-0.4, -0.2) is 89.0 Å². The lowest BCUT2D eigenvalue weighted by atomic mass is 9.86. The lowest BCUT2D eigenvalue weighted by molar-refractivity contribution is -0.119. The van der Waals surface area contributed by atoms with E-state index in [-0.39, 0.29) is 17.8 Å². The monoisotopic (exact) mass is 352 g/mol. The Morgan fingerprint density at radius 2 is 2.00 bits per heavy atom. The maximum atomic E-state index is 12.7. The smallest absolute Gasteiger partial charge is 0.319 e. The first kappa shape index (κ1) is 16.6. The van der Waals surface area contributed by atoms with Crippen molar-refractivity contribution >= 4 is 29.4 Å². The fourth-order valence-corrected chi connectivity index (χ4v) is 3.70. The number of nitrogens with one attached hydrogen (secondary N) is 1. The molecule has 2 saturated heterocycles. The topological polar surface area (TPSA) is 98.7 Å². The van der Waals surface area contributed by atoms with E-state index in [1.807, 2.05) is 0 Å². The van der Waals surface area contributed by atoms with Crippen molar-refractivity contribution in [1.29, 1.82) is 0 Å². The van der Waals surface area contributed by atoms with Gasteiger partial charge in [0.2, 0.25) is 5.91 Å². The third-order valence-corrected chi connectivity index (χ3v) is 4.91. The molecule has 0 aliphatic carbocycles.